The summed E-state index contributed by atoms with van der Waals surface area (Å²) in [4.78, 5) is 57.8. The van der Waals surface area contributed by atoms with Crippen molar-refractivity contribution in [3.8, 4) is 23.0 Å². The largest absolute Gasteiger partial charge is 0.494 e. The number of hydrogen-bond donors (Lipinski definition) is 2. The number of hydrogen-bond acceptors (Lipinski definition) is 20. The Morgan fingerprint density at radius 3 is 0.929 bits per heavy atom. The summed E-state index contributed by atoms with van der Waals surface area (Å²) < 4.78 is 118. The molecule has 0 aromatic heterocycles. The van der Waals surface area contributed by atoms with Gasteiger partial charge in [0.15, 0.2) is 17.3 Å². The molecule has 6 aromatic rings. The van der Waals surface area contributed by atoms with Crippen LogP contribution >= 0.6 is 0 Å². The predicted octanol–water partition coefficient (Wildman–Crippen LogP) is 12.0. The Balaban J connectivity index is 0.000000661. The third kappa shape index (κ3) is 43.9. The van der Waals surface area contributed by atoms with E-state index in [4.69, 9.17) is 53.3 Å². The Kier molecular flexibility index (Phi) is 43.5. The molecule has 0 spiro atoms. The molecule has 6 rings (SSSR count). The number of carboxylic acids is 2. The van der Waals surface area contributed by atoms with Crippen LogP contribution in [-0.2, 0) is 78.3 Å². The van der Waals surface area contributed by atoms with Gasteiger partial charge >= 0.3 is 53.4 Å². The summed E-state index contributed by atoms with van der Waals surface area (Å²) in [7, 11) is -13.5. The lowest BCUT2D eigenvalue weighted by Gasteiger charge is -2.18. The summed E-state index contributed by atoms with van der Waals surface area (Å²) >= 11 is 0. The highest BCUT2D eigenvalue weighted by Gasteiger charge is 2.11. The van der Waals surface area contributed by atoms with Crippen molar-refractivity contribution in [3.63, 3.8) is 0 Å². The lowest BCUT2D eigenvalue weighted by Crippen LogP contribution is -2.27. The Bertz CT molecular complexity index is 4030. The molecule has 0 bridgehead atoms. The molecule has 0 saturated heterocycles. The van der Waals surface area contributed by atoms with Gasteiger partial charge in [0.2, 0.25) is 0 Å². The number of allylic oxidation sites excluding steroid dienone is 6. The van der Waals surface area contributed by atoms with Gasteiger partial charge in [0.1, 0.15) is 29.6 Å². The zero-order valence-corrected chi connectivity index (χ0v) is 58.8. The SMILES string of the molecule is CCCOc1cccc(/C=C/C(=O)/C=C/c2cccc(CC)c2)c1.CCS(=O)(=O)Oc1cccc(/C=C/C(=O)/C=C/c2cccc(OS(=O)(=O)CC)c2)c1.CCc1cccc(/C=C/C(=O)/C=C/c2cccc(OCCN(CC)CC)c2)c1.O=C(O)CCC(=O)O.O=S(=O)=O.O=S(=O)=O. The van der Waals surface area contributed by atoms with E-state index in [0.29, 0.717) is 24.3 Å². The second kappa shape index (κ2) is 49.5. The lowest BCUT2D eigenvalue weighted by molar-refractivity contribution is -0.143. The van der Waals surface area contributed by atoms with Gasteiger partial charge in [-0.15, -0.1) is 25.3 Å². The minimum atomic E-state index is -3.63. The average Bonchev–Trinajstić information content (AvgIpc) is 0.965. The number of likely N-dealkylation sites (N-methyl/N-ethyl adjacent to an activating group) is 1. The van der Waals surface area contributed by atoms with Crippen LogP contribution in [0.4, 0.5) is 0 Å². The highest BCUT2D eigenvalue weighted by atomic mass is 32.2. The van der Waals surface area contributed by atoms with Gasteiger partial charge in [-0.1, -0.05) is 168 Å². The molecule has 0 unspecified atom stereocenters. The van der Waals surface area contributed by atoms with Crippen LogP contribution in [0.3, 0.4) is 0 Å². The van der Waals surface area contributed by atoms with Crippen LogP contribution in [0, 0.1) is 0 Å². The number of rotatable bonds is 32. The summed E-state index contributed by atoms with van der Waals surface area (Å²) in [6, 6.07) is 44.7. The number of ketones is 3. The number of benzene rings is 6. The van der Waals surface area contributed by atoms with Crippen LogP contribution in [-0.4, -0.2) is 131 Å². The summed E-state index contributed by atoms with van der Waals surface area (Å²) in [5, 5.41) is 15.8. The standard InChI is InChI=1S/C25H31NO2.C22H24O2.C21H22O7S2.C4H6O4.2O3S/c1-4-21-9-7-10-22(19-21)13-15-24(27)16-14-23-11-8-12-25(20-23)28-18-17-26(5-2)6-3;1-3-15-24-22-10-6-9-20(17-22)12-14-21(23)13-11-19-8-5-7-18(4-2)16-19;1-3-29(23,24)27-20-9-5-7-17(15-20)11-13-19(22)14-12-18-8-6-10-21(16-18)28-30(25,26)4-2;5-3(6)1-2-4(7)8;2*1-4(2)3/h7-16,19-20H,4-6,17-18H2,1-3H3;5-14,16-17H,3-4,15H2,1-2H3;5-16H,3-4H2,1-2H3;1-2H2,(H,5,6)(H,7,8);;/b15-13+,16-14+;2*13-11+,14-12+;;;. The van der Waals surface area contributed by atoms with Crippen LogP contribution < -0.4 is 17.8 Å². The van der Waals surface area contributed by atoms with Gasteiger partial charge in [0.25, 0.3) is 0 Å². The van der Waals surface area contributed by atoms with Gasteiger partial charge in [-0.2, -0.15) is 16.8 Å². The monoisotopic (exact) mass is 1430 g/mol. The topological polar surface area (TPSA) is 337 Å². The van der Waals surface area contributed by atoms with Gasteiger partial charge in [-0.05, 0) is 176 Å². The van der Waals surface area contributed by atoms with E-state index in [-0.39, 0.29) is 53.2 Å². The smallest absolute Gasteiger partial charge is 0.425 e. The van der Waals surface area contributed by atoms with E-state index >= 15 is 0 Å². The van der Waals surface area contributed by atoms with Crippen LogP contribution in [0.5, 0.6) is 23.0 Å². The molecule has 98 heavy (non-hydrogen) atoms. The van der Waals surface area contributed by atoms with Gasteiger partial charge in [0, 0.05) is 6.54 Å². The molecule has 0 fully saturated rings. The van der Waals surface area contributed by atoms with E-state index in [2.05, 4.69) is 63.8 Å². The Hall–Kier alpha value is -9.99. The van der Waals surface area contributed by atoms with Gasteiger partial charge in [0.05, 0.1) is 31.0 Å². The number of aryl methyl sites for hydroxylation is 2. The van der Waals surface area contributed by atoms with E-state index in [9.17, 15) is 40.8 Å². The van der Waals surface area contributed by atoms with Crippen molar-refractivity contribution in [1.29, 1.82) is 0 Å². The zero-order valence-electron chi connectivity index (χ0n) is 55.5. The number of ether oxygens (including phenoxy) is 2. The molecule has 22 nitrogen and oxygen atoms in total. The molecule has 0 radical (unpaired) electrons. The quantitative estimate of drug-likeness (QED) is 0.0293. The summed E-state index contributed by atoms with van der Waals surface area (Å²) in [6.07, 6.45) is 21.8. The van der Waals surface area contributed by atoms with Crippen molar-refractivity contribution >= 4 is 107 Å². The minimum absolute atomic E-state index is 0.0308. The number of carboxylic acid groups (broad SMARTS) is 2. The van der Waals surface area contributed by atoms with Crippen LogP contribution in [0.1, 0.15) is 112 Å². The number of aliphatic carboxylic acids is 2. The number of carbonyl (C=O) groups is 5. The maximum Gasteiger partial charge on any atom is 0.425 e. The highest BCUT2D eigenvalue weighted by molar-refractivity contribution is 7.87. The Morgan fingerprint density at radius 2 is 0.663 bits per heavy atom. The highest BCUT2D eigenvalue weighted by Crippen LogP contribution is 2.20. The van der Waals surface area contributed by atoms with Gasteiger partial charge in [-0.25, -0.2) is 0 Å². The second-order valence-corrected chi connectivity index (χ2v) is 24.5. The normalized spacial score (nSPS) is 11.0. The molecule has 26 heteroatoms. The average molecular weight is 1430 g/mol. The summed E-state index contributed by atoms with van der Waals surface area (Å²) in [5.41, 5.74) is 7.73. The first-order valence-corrected chi connectivity index (χ1v) is 35.8. The first-order chi connectivity index (χ1) is 46.6. The van der Waals surface area contributed by atoms with E-state index in [1.165, 1.54) is 73.5 Å². The lowest BCUT2D eigenvalue weighted by atomic mass is 10.1. The van der Waals surface area contributed by atoms with Crippen LogP contribution in [0.2, 0.25) is 0 Å². The van der Waals surface area contributed by atoms with Crippen LogP contribution in [0.25, 0.3) is 36.5 Å². The van der Waals surface area contributed by atoms with Gasteiger partial charge < -0.3 is 33.0 Å². The van der Waals surface area contributed by atoms with E-state index < -0.39 is 53.4 Å². The maximum atomic E-state index is 12.1. The van der Waals surface area contributed by atoms with E-state index in [0.717, 1.165) is 72.6 Å². The maximum absolute atomic E-state index is 12.1. The molecule has 6 aromatic carbocycles. The fourth-order valence-electron chi connectivity index (χ4n) is 7.50. The number of nitrogens with zero attached hydrogens (tertiary/aromatic N) is 1. The van der Waals surface area contributed by atoms with Crippen molar-refractivity contribution in [2.45, 2.75) is 80.6 Å². The fraction of sp³-hybridized carbons (Fsp3) is 0.264. The predicted molar refractivity (Wildman–Crippen MR) is 380 cm³/mol. The van der Waals surface area contributed by atoms with Gasteiger partial charge in [-0.3, -0.25) is 24.0 Å². The summed E-state index contributed by atoms with van der Waals surface area (Å²) in [6.45, 7) is 17.9. The minimum Gasteiger partial charge on any atom is -0.494 e. The van der Waals surface area contributed by atoms with E-state index in [1.54, 1.807) is 48.6 Å². The first kappa shape index (κ1) is 86.0. The first-order valence-electron chi connectivity index (χ1n) is 30.6. The van der Waals surface area contributed by atoms with E-state index in [1.807, 2.05) is 97.1 Å². The summed E-state index contributed by atoms with van der Waals surface area (Å²) in [5.74, 6) is -0.824. The molecule has 0 heterocycles. The van der Waals surface area contributed by atoms with Crippen molar-refractivity contribution in [2.24, 2.45) is 0 Å². The molecule has 0 saturated carbocycles. The molecule has 0 aliphatic rings. The molecule has 0 aliphatic carbocycles. The Labute approximate surface area is 577 Å². The Morgan fingerprint density at radius 1 is 0.398 bits per heavy atom. The molecular formula is C72H83NO21S4. The fourth-order valence-corrected chi connectivity index (χ4v) is 8.53. The van der Waals surface area contributed by atoms with Crippen molar-refractivity contribution in [2.75, 3.05) is 44.4 Å². The van der Waals surface area contributed by atoms with Crippen molar-refractivity contribution in [1.82, 2.24) is 4.90 Å². The van der Waals surface area contributed by atoms with Crippen molar-refractivity contribution in [3.05, 3.63) is 227 Å². The molecule has 0 atom stereocenters. The zero-order chi connectivity index (χ0) is 73.3. The van der Waals surface area contributed by atoms with Crippen LogP contribution in [0.15, 0.2) is 182 Å². The third-order valence-electron chi connectivity index (χ3n) is 12.5. The molecule has 0 amide bonds. The molecule has 2 N–H and O–H groups in total. The number of carbonyl (C=O) groups excluding carboxylic acids is 3. The second-order valence-electron chi connectivity index (χ2n) is 20.0. The van der Waals surface area contributed by atoms with Crippen molar-refractivity contribution < 1.29 is 94.1 Å². The molecule has 526 valence electrons. The third-order valence-corrected chi connectivity index (χ3v) is 14.8. The molecule has 0 aliphatic heterocycles. The molecular weight excluding hydrogens is 1340 g/mol.